The van der Waals surface area contributed by atoms with Crippen molar-refractivity contribution in [2.45, 2.75) is 5.41 Å². The van der Waals surface area contributed by atoms with Gasteiger partial charge in [-0.3, -0.25) is 0 Å². The van der Waals surface area contributed by atoms with Gasteiger partial charge in [-0.25, -0.2) is 0 Å². The molecule has 1 aliphatic heterocycles. The number of anilines is 3. The Kier molecular flexibility index (Phi) is 9.25. The van der Waals surface area contributed by atoms with Crippen LogP contribution in [0.15, 0.2) is 285 Å². The molecule has 14 aromatic rings. The Morgan fingerprint density at radius 1 is 0.276 bits per heavy atom. The third kappa shape index (κ3) is 5.99. The highest BCUT2D eigenvalue weighted by molar-refractivity contribution is 6.14. The zero-order valence-electron chi connectivity index (χ0n) is 41.5. The maximum Gasteiger partial charge on any atom is 0.0754 e. The van der Waals surface area contributed by atoms with Crippen molar-refractivity contribution in [2.75, 3.05) is 4.90 Å². The molecule has 1 aliphatic carbocycles. The molecule has 2 aliphatic rings. The van der Waals surface area contributed by atoms with Gasteiger partial charge in [-0.2, -0.15) is 0 Å². The van der Waals surface area contributed by atoms with Crippen LogP contribution in [-0.4, -0.2) is 9.13 Å². The summed E-state index contributed by atoms with van der Waals surface area (Å²) < 4.78 is 4.93. The van der Waals surface area contributed by atoms with Gasteiger partial charge >= 0.3 is 0 Å². The van der Waals surface area contributed by atoms with E-state index in [1.165, 1.54) is 105 Å². The molecule has 3 nitrogen and oxygen atoms in total. The predicted octanol–water partition coefficient (Wildman–Crippen LogP) is 19.0. The molecule has 0 fully saturated rings. The first-order valence-electron chi connectivity index (χ1n) is 26.3. The molecule has 0 N–H and O–H groups in total. The van der Waals surface area contributed by atoms with E-state index in [2.05, 4.69) is 299 Å². The number of hydrogen-bond acceptors (Lipinski definition) is 1. The molecule has 16 rings (SSSR count). The summed E-state index contributed by atoms with van der Waals surface area (Å²) in [5.41, 5.74) is 25.0. The van der Waals surface area contributed by atoms with Gasteiger partial charge in [0.1, 0.15) is 0 Å². The van der Waals surface area contributed by atoms with Crippen LogP contribution in [0.5, 0.6) is 0 Å². The number of fused-ring (bicyclic) bond motifs is 15. The van der Waals surface area contributed by atoms with Gasteiger partial charge < -0.3 is 14.0 Å². The van der Waals surface area contributed by atoms with Gasteiger partial charge in [-0.1, -0.05) is 218 Å². The van der Waals surface area contributed by atoms with Crippen LogP contribution >= 0.6 is 0 Å². The minimum absolute atomic E-state index is 0.472. The van der Waals surface area contributed by atoms with Crippen molar-refractivity contribution >= 4 is 60.7 Å². The van der Waals surface area contributed by atoms with Crippen LogP contribution in [0, 0.1) is 0 Å². The summed E-state index contributed by atoms with van der Waals surface area (Å²) in [5.74, 6) is 0. The summed E-state index contributed by atoms with van der Waals surface area (Å²) in [4.78, 5) is 2.47. The standard InChI is InChI=1S/C73H47N3/c1-2-19-50(20-3-1)54-21-4-5-22-55(54)58-25-8-14-33-67(58)74(51-41-37-48(38-42-51)49-39-43-52(44-40-49)75-68-34-15-9-26-59(68)60-27-10-16-35-69(60)75)53-45-46-70-62(47-53)61-28-18-32-66-72(61)76(70)71-36-17-13-31-65(71)73(66)63-29-11-6-23-56(63)57-24-7-12-30-64(57)73/h1-47H. The molecule has 2 aromatic heterocycles. The van der Waals surface area contributed by atoms with E-state index in [1.54, 1.807) is 0 Å². The topological polar surface area (TPSA) is 13.1 Å². The zero-order valence-corrected chi connectivity index (χ0v) is 41.5. The zero-order chi connectivity index (χ0) is 49.9. The second kappa shape index (κ2) is 16.5. The second-order valence-corrected chi connectivity index (χ2v) is 20.3. The van der Waals surface area contributed by atoms with E-state index in [0.29, 0.717) is 0 Å². The number of benzene rings is 12. The molecule has 12 aromatic carbocycles. The molecule has 0 saturated heterocycles. The summed E-state index contributed by atoms with van der Waals surface area (Å²) >= 11 is 0. The summed E-state index contributed by atoms with van der Waals surface area (Å²) in [6.07, 6.45) is 0. The van der Waals surface area contributed by atoms with E-state index in [4.69, 9.17) is 0 Å². The fraction of sp³-hybridized carbons (Fsp3) is 0.0137. The third-order valence-electron chi connectivity index (χ3n) is 16.5. The number of para-hydroxylation sites is 5. The van der Waals surface area contributed by atoms with Gasteiger partial charge in [0, 0.05) is 44.2 Å². The van der Waals surface area contributed by atoms with E-state index >= 15 is 0 Å². The Bertz CT molecular complexity index is 4530. The fourth-order valence-electron chi connectivity index (χ4n) is 13.4. The first-order chi connectivity index (χ1) is 37.7. The van der Waals surface area contributed by atoms with Crippen LogP contribution < -0.4 is 4.90 Å². The van der Waals surface area contributed by atoms with Crippen molar-refractivity contribution in [3.8, 4) is 55.9 Å². The Labute approximate surface area is 441 Å². The minimum Gasteiger partial charge on any atom is -0.310 e. The Hall–Kier alpha value is -9.96. The van der Waals surface area contributed by atoms with Crippen molar-refractivity contribution in [3.63, 3.8) is 0 Å². The van der Waals surface area contributed by atoms with Gasteiger partial charge in [0.25, 0.3) is 0 Å². The average molecular weight is 966 g/mol. The van der Waals surface area contributed by atoms with Crippen molar-refractivity contribution in [3.05, 3.63) is 307 Å². The minimum atomic E-state index is -0.472. The third-order valence-corrected chi connectivity index (χ3v) is 16.5. The Balaban J connectivity index is 0.880. The van der Waals surface area contributed by atoms with Crippen LogP contribution in [0.2, 0.25) is 0 Å². The molecule has 0 unspecified atom stereocenters. The van der Waals surface area contributed by atoms with Crippen LogP contribution in [0.3, 0.4) is 0 Å². The largest absolute Gasteiger partial charge is 0.310 e. The number of hydrogen-bond donors (Lipinski definition) is 0. The molecule has 76 heavy (non-hydrogen) atoms. The lowest BCUT2D eigenvalue weighted by molar-refractivity contribution is 0.748. The first-order valence-corrected chi connectivity index (χ1v) is 26.3. The summed E-state index contributed by atoms with van der Waals surface area (Å²) in [6, 6.07) is 106. The van der Waals surface area contributed by atoms with Crippen molar-refractivity contribution < 1.29 is 0 Å². The second-order valence-electron chi connectivity index (χ2n) is 20.3. The smallest absolute Gasteiger partial charge is 0.0754 e. The summed E-state index contributed by atoms with van der Waals surface area (Å²) in [7, 11) is 0. The van der Waals surface area contributed by atoms with Crippen LogP contribution in [-0.2, 0) is 5.41 Å². The molecule has 0 atom stereocenters. The Morgan fingerprint density at radius 3 is 1.47 bits per heavy atom. The number of aromatic nitrogens is 2. The molecule has 3 heteroatoms. The van der Waals surface area contributed by atoms with E-state index in [1.807, 2.05) is 0 Å². The van der Waals surface area contributed by atoms with E-state index in [0.717, 1.165) is 33.9 Å². The van der Waals surface area contributed by atoms with Crippen molar-refractivity contribution in [1.29, 1.82) is 0 Å². The molecule has 0 amide bonds. The van der Waals surface area contributed by atoms with Crippen LogP contribution in [0.1, 0.15) is 22.3 Å². The van der Waals surface area contributed by atoms with Gasteiger partial charge in [0.2, 0.25) is 0 Å². The highest BCUT2D eigenvalue weighted by Crippen LogP contribution is 2.61. The van der Waals surface area contributed by atoms with E-state index in [-0.39, 0.29) is 0 Å². The van der Waals surface area contributed by atoms with Gasteiger partial charge in [0.05, 0.1) is 38.9 Å². The molecule has 0 radical (unpaired) electrons. The average Bonchev–Trinajstić information content (AvgIpc) is 4.13. The highest BCUT2D eigenvalue weighted by atomic mass is 15.1. The highest BCUT2D eigenvalue weighted by Gasteiger charge is 2.50. The lowest BCUT2D eigenvalue weighted by atomic mass is 9.65. The molecular formula is C73H47N3. The molecular weight excluding hydrogens is 919 g/mol. The van der Waals surface area contributed by atoms with E-state index < -0.39 is 5.41 Å². The molecule has 0 bridgehead atoms. The quantitative estimate of drug-likeness (QED) is 0.155. The maximum absolute atomic E-state index is 2.55. The lowest BCUT2D eigenvalue weighted by Gasteiger charge is -2.39. The summed E-state index contributed by atoms with van der Waals surface area (Å²) in [5, 5.41) is 4.99. The van der Waals surface area contributed by atoms with E-state index in [9.17, 15) is 0 Å². The molecule has 0 saturated carbocycles. The number of nitrogens with zero attached hydrogens (tertiary/aromatic N) is 3. The molecule has 1 spiro atoms. The maximum atomic E-state index is 2.55. The molecule has 3 heterocycles. The SMILES string of the molecule is c1ccc(-c2ccccc2-c2ccccc2N(c2ccc(-c3ccc(-n4c5ccccc5c5ccccc54)cc3)cc2)c2ccc3c(c2)c2cccc4c2n3-c2ccccc2C42c3ccccc3-c3ccccc32)cc1. The van der Waals surface area contributed by atoms with Crippen molar-refractivity contribution in [2.24, 2.45) is 0 Å². The predicted molar refractivity (Wildman–Crippen MR) is 317 cm³/mol. The lowest BCUT2D eigenvalue weighted by Crippen LogP contribution is -2.33. The van der Waals surface area contributed by atoms with Gasteiger partial charge in [-0.15, -0.1) is 0 Å². The molecule has 354 valence electrons. The van der Waals surface area contributed by atoms with Crippen molar-refractivity contribution in [1.82, 2.24) is 9.13 Å². The Morgan fingerprint density at radius 2 is 0.776 bits per heavy atom. The van der Waals surface area contributed by atoms with Crippen LogP contribution in [0.4, 0.5) is 17.1 Å². The summed E-state index contributed by atoms with van der Waals surface area (Å²) in [6.45, 7) is 0. The first kappa shape index (κ1) is 42.5. The van der Waals surface area contributed by atoms with Crippen LogP contribution in [0.25, 0.3) is 99.5 Å². The number of rotatable bonds is 7. The normalized spacial score (nSPS) is 12.8. The van der Waals surface area contributed by atoms with Gasteiger partial charge in [0.15, 0.2) is 0 Å². The fourth-order valence-corrected chi connectivity index (χ4v) is 13.4. The van der Waals surface area contributed by atoms with Gasteiger partial charge in [-0.05, 0) is 128 Å². The monoisotopic (exact) mass is 965 g/mol.